The van der Waals surface area contributed by atoms with Gasteiger partial charge in [0.25, 0.3) is 0 Å². The molecule has 2 rings (SSSR count). The minimum atomic E-state index is -3.54. The van der Waals surface area contributed by atoms with E-state index in [0.29, 0.717) is 31.1 Å². The van der Waals surface area contributed by atoms with Crippen LogP contribution < -0.4 is 14.2 Å². The molecule has 0 radical (unpaired) electrons. The average molecular weight is 350 g/mol. The van der Waals surface area contributed by atoms with E-state index in [4.69, 9.17) is 9.47 Å². The standard InChI is InChI=1S/C17H22N2O4S/c1-3-22-16-8-7-14(12-17(16)23-4-2)9-11-19-24(20,21)15-6-5-10-18-13-15/h5-8,10,12-13,19H,3-4,9,11H2,1-2H3. The monoisotopic (exact) mass is 350 g/mol. The Morgan fingerprint density at radius 3 is 2.50 bits per heavy atom. The molecule has 7 heteroatoms. The molecule has 1 N–H and O–H groups in total. The lowest BCUT2D eigenvalue weighted by Gasteiger charge is -2.12. The van der Waals surface area contributed by atoms with Gasteiger partial charge in [0.15, 0.2) is 11.5 Å². The van der Waals surface area contributed by atoms with Gasteiger partial charge in [-0.1, -0.05) is 6.07 Å². The van der Waals surface area contributed by atoms with Crippen LogP contribution in [0.3, 0.4) is 0 Å². The van der Waals surface area contributed by atoms with Crippen LogP contribution in [0.5, 0.6) is 11.5 Å². The smallest absolute Gasteiger partial charge is 0.242 e. The first kappa shape index (κ1) is 18.2. The average Bonchev–Trinajstić information content (AvgIpc) is 2.58. The highest BCUT2D eigenvalue weighted by Crippen LogP contribution is 2.28. The van der Waals surface area contributed by atoms with Gasteiger partial charge in [-0.15, -0.1) is 0 Å². The lowest BCUT2D eigenvalue weighted by Crippen LogP contribution is -2.26. The minimum Gasteiger partial charge on any atom is -0.490 e. The van der Waals surface area contributed by atoms with Crippen molar-refractivity contribution in [1.82, 2.24) is 9.71 Å². The zero-order valence-corrected chi connectivity index (χ0v) is 14.7. The van der Waals surface area contributed by atoms with Gasteiger partial charge in [0, 0.05) is 18.9 Å². The fourth-order valence-corrected chi connectivity index (χ4v) is 3.16. The SMILES string of the molecule is CCOc1ccc(CCNS(=O)(=O)c2cccnc2)cc1OCC. The third kappa shape index (κ3) is 4.94. The molecular weight excluding hydrogens is 328 g/mol. The number of benzene rings is 1. The summed E-state index contributed by atoms with van der Waals surface area (Å²) in [7, 11) is -3.54. The summed E-state index contributed by atoms with van der Waals surface area (Å²) in [5.41, 5.74) is 0.968. The molecule has 2 aromatic rings. The molecule has 1 aromatic heterocycles. The second kappa shape index (κ2) is 8.65. The lowest BCUT2D eigenvalue weighted by molar-refractivity contribution is 0.287. The summed E-state index contributed by atoms with van der Waals surface area (Å²) in [6, 6.07) is 8.74. The molecule has 0 aliphatic carbocycles. The molecule has 0 amide bonds. The predicted molar refractivity (Wildman–Crippen MR) is 91.9 cm³/mol. The zero-order chi connectivity index (χ0) is 17.4. The van der Waals surface area contributed by atoms with Crippen molar-refractivity contribution in [2.75, 3.05) is 19.8 Å². The van der Waals surface area contributed by atoms with Crippen LogP contribution in [-0.4, -0.2) is 33.2 Å². The first-order valence-electron chi connectivity index (χ1n) is 7.85. The Labute approximate surface area is 142 Å². The Balaban J connectivity index is 2.00. The van der Waals surface area contributed by atoms with Crippen molar-refractivity contribution in [3.63, 3.8) is 0 Å². The van der Waals surface area contributed by atoms with Crippen molar-refractivity contribution in [3.8, 4) is 11.5 Å². The Morgan fingerprint density at radius 2 is 1.83 bits per heavy atom. The summed E-state index contributed by atoms with van der Waals surface area (Å²) < 4.78 is 37.9. The fraction of sp³-hybridized carbons (Fsp3) is 0.353. The maximum Gasteiger partial charge on any atom is 0.242 e. The van der Waals surface area contributed by atoms with Gasteiger partial charge in [0.2, 0.25) is 10.0 Å². The maximum atomic E-state index is 12.1. The number of pyridine rings is 1. The van der Waals surface area contributed by atoms with Gasteiger partial charge in [-0.2, -0.15) is 0 Å². The molecule has 0 fully saturated rings. The molecule has 0 saturated carbocycles. The molecule has 0 unspecified atom stereocenters. The second-order valence-corrected chi connectivity index (χ2v) is 6.75. The molecule has 0 aliphatic rings. The topological polar surface area (TPSA) is 77.5 Å². The molecule has 1 aromatic carbocycles. The van der Waals surface area contributed by atoms with Gasteiger partial charge in [-0.05, 0) is 50.1 Å². The summed E-state index contributed by atoms with van der Waals surface area (Å²) in [5.74, 6) is 1.37. The van der Waals surface area contributed by atoms with Crippen molar-refractivity contribution >= 4 is 10.0 Å². The third-order valence-electron chi connectivity index (χ3n) is 3.26. The highest BCUT2D eigenvalue weighted by Gasteiger charge is 2.13. The molecule has 130 valence electrons. The number of sulfonamides is 1. The van der Waals surface area contributed by atoms with Crippen molar-refractivity contribution < 1.29 is 17.9 Å². The van der Waals surface area contributed by atoms with Crippen molar-refractivity contribution in [2.24, 2.45) is 0 Å². The van der Waals surface area contributed by atoms with Crippen LogP contribution in [0.15, 0.2) is 47.6 Å². The lowest BCUT2D eigenvalue weighted by atomic mass is 10.1. The van der Waals surface area contributed by atoms with Crippen LogP contribution in [0.4, 0.5) is 0 Å². The number of aromatic nitrogens is 1. The quantitative estimate of drug-likeness (QED) is 0.751. The Bertz CT molecular complexity index is 748. The van der Waals surface area contributed by atoms with E-state index in [1.54, 1.807) is 6.07 Å². The van der Waals surface area contributed by atoms with E-state index in [0.717, 1.165) is 5.56 Å². The number of hydrogen-bond acceptors (Lipinski definition) is 5. The summed E-state index contributed by atoms with van der Waals surface area (Å²) in [6.45, 7) is 5.21. The van der Waals surface area contributed by atoms with Gasteiger partial charge in [0.05, 0.1) is 13.2 Å². The van der Waals surface area contributed by atoms with E-state index in [9.17, 15) is 8.42 Å². The molecule has 6 nitrogen and oxygen atoms in total. The second-order valence-electron chi connectivity index (χ2n) is 4.98. The van der Waals surface area contributed by atoms with E-state index in [1.165, 1.54) is 18.5 Å². The third-order valence-corrected chi connectivity index (χ3v) is 4.70. The fourth-order valence-electron chi connectivity index (χ4n) is 2.17. The number of nitrogens with one attached hydrogen (secondary N) is 1. The summed E-state index contributed by atoms with van der Waals surface area (Å²) in [5, 5.41) is 0. The Kier molecular flexibility index (Phi) is 6.57. The number of rotatable bonds is 9. The molecule has 0 spiro atoms. The highest BCUT2D eigenvalue weighted by molar-refractivity contribution is 7.89. The van der Waals surface area contributed by atoms with Crippen molar-refractivity contribution in [3.05, 3.63) is 48.3 Å². The molecule has 0 atom stereocenters. The summed E-state index contributed by atoms with van der Waals surface area (Å²) in [4.78, 5) is 3.99. The van der Waals surface area contributed by atoms with Crippen LogP contribution >= 0.6 is 0 Å². The van der Waals surface area contributed by atoms with Crippen molar-refractivity contribution in [2.45, 2.75) is 25.2 Å². The molecule has 0 aliphatic heterocycles. The van der Waals surface area contributed by atoms with Gasteiger partial charge in [-0.3, -0.25) is 4.98 Å². The largest absolute Gasteiger partial charge is 0.490 e. The Hall–Kier alpha value is -2.12. The summed E-state index contributed by atoms with van der Waals surface area (Å²) >= 11 is 0. The van der Waals surface area contributed by atoms with E-state index in [1.807, 2.05) is 32.0 Å². The Morgan fingerprint density at radius 1 is 1.08 bits per heavy atom. The van der Waals surface area contributed by atoms with Crippen LogP contribution in [-0.2, 0) is 16.4 Å². The van der Waals surface area contributed by atoms with E-state index in [2.05, 4.69) is 9.71 Å². The normalized spacial score (nSPS) is 11.2. The van der Waals surface area contributed by atoms with E-state index >= 15 is 0 Å². The van der Waals surface area contributed by atoms with Gasteiger partial charge >= 0.3 is 0 Å². The zero-order valence-electron chi connectivity index (χ0n) is 13.9. The van der Waals surface area contributed by atoms with E-state index in [-0.39, 0.29) is 11.4 Å². The molecular formula is C17H22N2O4S. The van der Waals surface area contributed by atoms with Gasteiger partial charge in [0.1, 0.15) is 4.90 Å². The molecule has 24 heavy (non-hydrogen) atoms. The van der Waals surface area contributed by atoms with Gasteiger partial charge in [-0.25, -0.2) is 13.1 Å². The molecule has 0 bridgehead atoms. The number of nitrogens with zero attached hydrogens (tertiary/aromatic N) is 1. The first-order valence-corrected chi connectivity index (χ1v) is 9.33. The van der Waals surface area contributed by atoms with Gasteiger partial charge < -0.3 is 9.47 Å². The van der Waals surface area contributed by atoms with Crippen LogP contribution in [0, 0.1) is 0 Å². The van der Waals surface area contributed by atoms with Crippen molar-refractivity contribution in [1.29, 1.82) is 0 Å². The molecule has 0 saturated heterocycles. The minimum absolute atomic E-state index is 0.159. The van der Waals surface area contributed by atoms with E-state index < -0.39 is 10.0 Å². The predicted octanol–water partition coefficient (Wildman–Crippen LogP) is 2.40. The van der Waals surface area contributed by atoms with Crippen LogP contribution in [0.2, 0.25) is 0 Å². The van der Waals surface area contributed by atoms with Crippen LogP contribution in [0.25, 0.3) is 0 Å². The summed E-state index contributed by atoms with van der Waals surface area (Å²) in [6.07, 6.45) is 3.41. The highest BCUT2D eigenvalue weighted by atomic mass is 32.2. The van der Waals surface area contributed by atoms with Crippen LogP contribution in [0.1, 0.15) is 19.4 Å². The first-order chi connectivity index (χ1) is 11.6. The number of hydrogen-bond donors (Lipinski definition) is 1. The number of ether oxygens (including phenoxy) is 2. The molecule has 1 heterocycles. The maximum absolute atomic E-state index is 12.1.